The van der Waals surface area contributed by atoms with Crippen molar-refractivity contribution in [1.29, 1.82) is 0 Å². The molecule has 2 fully saturated rings. The van der Waals surface area contributed by atoms with Crippen LogP contribution in [0.15, 0.2) is 60.7 Å². The topological polar surface area (TPSA) is 99.2 Å². The van der Waals surface area contributed by atoms with Gasteiger partial charge in [-0.2, -0.15) is 0 Å². The number of β-amino-alcohol motifs (C(OH)–C–C–N with tert-alkyl or cyclic N) is 1. The Morgan fingerprint density at radius 1 is 1.06 bits per heavy atom. The first kappa shape index (κ1) is 24.7. The molecule has 186 valence electrons. The number of carbonyl (C=O) groups excluding carboxylic acids is 3. The van der Waals surface area contributed by atoms with Crippen molar-refractivity contribution in [2.45, 2.75) is 51.0 Å². The monoisotopic (exact) mass is 479 g/mol. The number of amides is 3. The summed E-state index contributed by atoms with van der Waals surface area (Å²) in [5.74, 6) is -0.0775. The minimum Gasteiger partial charge on any atom is -0.445 e. The van der Waals surface area contributed by atoms with Crippen molar-refractivity contribution in [2.24, 2.45) is 5.92 Å². The fourth-order valence-corrected chi connectivity index (χ4v) is 5.03. The van der Waals surface area contributed by atoms with Crippen LogP contribution in [0.2, 0.25) is 0 Å². The number of hydrogen-bond acceptors (Lipinski definition) is 5. The van der Waals surface area contributed by atoms with Gasteiger partial charge in [0.05, 0.1) is 18.2 Å². The van der Waals surface area contributed by atoms with Crippen LogP contribution >= 0.6 is 0 Å². The second-order valence-corrected chi connectivity index (χ2v) is 9.41. The molecule has 0 bridgehead atoms. The zero-order valence-corrected chi connectivity index (χ0v) is 20.0. The lowest BCUT2D eigenvalue weighted by Gasteiger charge is -2.27. The molecule has 4 atom stereocenters. The van der Waals surface area contributed by atoms with Crippen molar-refractivity contribution in [3.05, 3.63) is 71.8 Å². The van der Waals surface area contributed by atoms with E-state index in [2.05, 4.69) is 5.32 Å². The first-order valence-corrected chi connectivity index (χ1v) is 12.2. The van der Waals surface area contributed by atoms with Gasteiger partial charge in [0.2, 0.25) is 5.91 Å². The highest BCUT2D eigenvalue weighted by atomic mass is 16.5. The van der Waals surface area contributed by atoms with E-state index < -0.39 is 12.2 Å². The molecule has 0 aromatic heterocycles. The highest BCUT2D eigenvalue weighted by Gasteiger charge is 2.51. The van der Waals surface area contributed by atoms with Crippen LogP contribution < -0.4 is 5.32 Å². The predicted molar refractivity (Wildman–Crippen MR) is 130 cm³/mol. The highest BCUT2D eigenvalue weighted by molar-refractivity contribution is 5.95. The number of carbonyl (C=O) groups is 3. The standard InChI is InChI=1S/C27H33N3O5/c1-19(12-14-28-27(34)35-18-20-8-4-2-5-9-20)16-24(32)29-15-13-22-25(29)23(31)17-30(22)26(33)21-10-6-3-7-11-21/h2-11,19,22-23,25,31H,12-18H2,1H3,(H,28,34)/t19?,22?,23-,25?/m0/s1. The van der Waals surface area contributed by atoms with Gasteiger partial charge in [-0.3, -0.25) is 9.59 Å². The minimum absolute atomic E-state index is 0.0234. The van der Waals surface area contributed by atoms with Crippen LogP contribution in [0.1, 0.15) is 42.1 Å². The number of fused-ring (bicyclic) bond motifs is 1. The molecule has 2 aliphatic rings. The van der Waals surface area contributed by atoms with E-state index in [4.69, 9.17) is 4.74 Å². The fourth-order valence-electron chi connectivity index (χ4n) is 5.03. The highest BCUT2D eigenvalue weighted by Crippen LogP contribution is 2.34. The molecule has 0 aliphatic carbocycles. The Hall–Kier alpha value is -3.39. The quantitative estimate of drug-likeness (QED) is 0.607. The lowest BCUT2D eigenvalue weighted by Crippen LogP contribution is -2.45. The van der Waals surface area contributed by atoms with E-state index in [9.17, 15) is 19.5 Å². The summed E-state index contributed by atoms with van der Waals surface area (Å²) < 4.78 is 5.21. The first-order chi connectivity index (χ1) is 16.9. The second kappa shape index (κ2) is 11.4. The number of ether oxygens (including phenoxy) is 1. The molecule has 35 heavy (non-hydrogen) atoms. The Morgan fingerprint density at radius 2 is 1.74 bits per heavy atom. The largest absolute Gasteiger partial charge is 0.445 e. The molecular formula is C27H33N3O5. The molecule has 0 spiro atoms. The maximum atomic E-state index is 13.0. The Bertz CT molecular complexity index is 1020. The first-order valence-electron chi connectivity index (χ1n) is 12.2. The van der Waals surface area contributed by atoms with E-state index in [0.29, 0.717) is 37.9 Å². The summed E-state index contributed by atoms with van der Waals surface area (Å²) in [7, 11) is 0. The minimum atomic E-state index is -0.754. The molecule has 3 unspecified atom stereocenters. The van der Waals surface area contributed by atoms with Crippen molar-refractivity contribution >= 4 is 17.9 Å². The van der Waals surface area contributed by atoms with Gasteiger partial charge >= 0.3 is 6.09 Å². The maximum absolute atomic E-state index is 13.0. The molecule has 0 radical (unpaired) electrons. The summed E-state index contributed by atoms with van der Waals surface area (Å²) in [6.07, 6.45) is 0.385. The van der Waals surface area contributed by atoms with Crippen molar-refractivity contribution in [2.75, 3.05) is 19.6 Å². The number of aliphatic hydroxyl groups is 1. The lowest BCUT2D eigenvalue weighted by molar-refractivity contribution is -0.134. The summed E-state index contributed by atoms with van der Waals surface area (Å²) in [4.78, 5) is 41.4. The third-order valence-electron chi connectivity index (χ3n) is 6.84. The lowest BCUT2D eigenvalue weighted by atomic mass is 10.0. The Labute approximate surface area is 205 Å². The Kier molecular flexibility index (Phi) is 8.02. The van der Waals surface area contributed by atoms with E-state index in [1.807, 2.05) is 55.5 Å². The zero-order valence-electron chi connectivity index (χ0n) is 20.0. The van der Waals surface area contributed by atoms with Crippen LogP contribution in [-0.4, -0.2) is 70.6 Å². The smallest absolute Gasteiger partial charge is 0.407 e. The van der Waals surface area contributed by atoms with E-state index in [-0.39, 0.29) is 43.0 Å². The SMILES string of the molecule is CC(CCNC(=O)OCc1ccccc1)CC(=O)N1CCC2C1[C@@H](O)CN2C(=O)c1ccccc1. The number of nitrogens with one attached hydrogen (secondary N) is 1. The van der Waals surface area contributed by atoms with Crippen molar-refractivity contribution in [3.63, 3.8) is 0 Å². The molecule has 8 nitrogen and oxygen atoms in total. The number of hydrogen-bond donors (Lipinski definition) is 2. The molecule has 0 saturated carbocycles. The molecule has 2 saturated heterocycles. The van der Waals surface area contributed by atoms with Gasteiger partial charge in [-0.25, -0.2) is 4.79 Å². The van der Waals surface area contributed by atoms with Gasteiger partial charge in [0, 0.05) is 31.6 Å². The maximum Gasteiger partial charge on any atom is 0.407 e. The number of nitrogens with zero attached hydrogens (tertiary/aromatic N) is 2. The third kappa shape index (κ3) is 6.00. The Morgan fingerprint density at radius 3 is 2.46 bits per heavy atom. The van der Waals surface area contributed by atoms with Crippen molar-refractivity contribution < 1.29 is 24.2 Å². The van der Waals surface area contributed by atoms with Crippen molar-refractivity contribution in [3.8, 4) is 0 Å². The molecular weight excluding hydrogens is 446 g/mol. The van der Waals surface area contributed by atoms with Gasteiger partial charge in [0.1, 0.15) is 6.61 Å². The van der Waals surface area contributed by atoms with Gasteiger partial charge in [-0.15, -0.1) is 0 Å². The average molecular weight is 480 g/mol. The van der Waals surface area contributed by atoms with E-state index in [1.54, 1.807) is 21.9 Å². The molecule has 2 aliphatic heterocycles. The van der Waals surface area contributed by atoms with Gasteiger partial charge in [0.25, 0.3) is 5.91 Å². The van der Waals surface area contributed by atoms with Crippen LogP contribution in [-0.2, 0) is 16.1 Å². The number of aliphatic hydroxyl groups excluding tert-OH is 1. The van der Waals surface area contributed by atoms with E-state index >= 15 is 0 Å². The predicted octanol–water partition coefficient (Wildman–Crippen LogP) is 2.82. The molecule has 4 rings (SSSR count). The van der Waals surface area contributed by atoms with Crippen LogP contribution in [0.3, 0.4) is 0 Å². The van der Waals surface area contributed by atoms with Crippen LogP contribution in [0, 0.1) is 5.92 Å². The van der Waals surface area contributed by atoms with Gasteiger partial charge < -0.3 is 25.0 Å². The van der Waals surface area contributed by atoms with Crippen LogP contribution in [0.25, 0.3) is 0 Å². The van der Waals surface area contributed by atoms with Gasteiger partial charge in [0.15, 0.2) is 0 Å². The normalized spacial score (nSPS) is 21.9. The van der Waals surface area contributed by atoms with E-state index in [0.717, 1.165) is 5.56 Å². The molecule has 2 aromatic rings. The number of rotatable bonds is 8. The van der Waals surface area contributed by atoms with Gasteiger partial charge in [-0.05, 0) is 36.5 Å². The van der Waals surface area contributed by atoms with Crippen LogP contribution in [0.4, 0.5) is 4.79 Å². The second-order valence-electron chi connectivity index (χ2n) is 9.41. The fraction of sp³-hybridized carbons (Fsp3) is 0.444. The van der Waals surface area contributed by atoms with Gasteiger partial charge in [-0.1, -0.05) is 55.5 Å². The summed E-state index contributed by atoms with van der Waals surface area (Å²) in [6, 6.07) is 18.0. The molecule has 2 aromatic carbocycles. The molecule has 2 heterocycles. The van der Waals surface area contributed by atoms with Crippen LogP contribution in [0.5, 0.6) is 0 Å². The number of alkyl carbamates (subject to hydrolysis) is 1. The summed E-state index contributed by atoms with van der Waals surface area (Å²) in [5, 5.41) is 13.4. The Balaban J connectivity index is 1.22. The summed E-state index contributed by atoms with van der Waals surface area (Å²) >= 11 is 0. The summed E-state index contributed by atoms with van der Waals surface area (Å²) in [6.45, 7) is 3.36. The van der Waals surface area contributed by atoms with E-state index in [1.165, 1.54) is 0 Å². The molecule has 2 N–H and O–H groups in total. The zero-order chi connectivity index (χ0) is 24.8. The summed E-state index contributed by atoms with van der Waals surface area (Å²) in [5.41, 5.74) is 1.51. The molecule has 8 heteroatoms. The molecule has 3 amide bonds. The average Bonchev–Trinajstić information content (AvgIpc) is 3.45. The number of benzene rings is 2. The number of likely N-dealkylation sites (tertiary alicyclic amines) is 2. The third-order valence-corrected chi connectivity index (χ3v) is 6.84. The van der Waals surface area contributed by atoms with Crippen molar-refractivity contribution in [1.82, 2.24) is 15.1 Å².